The lowest BCUT2D eigenvalue weighted by Crippen LogP contribution is -2.46. The van der Waals surface area contributed by atoms with Crippen molar-refractivity contribution in [3.05, 3.63) is 29.8 Å². The molecule has 1 aromatic rings. The maximum absolute atomic E-state index is 12.9. The first-order valence-electron chi connectivity index (χ1n) is 9.02. The van der Waals surface area contributed by atoms with E-state index in [1.807, 2.05) is 18.2 Å². The number of amides is 1. The highest BCUT2D eigenvalue weighted by Crippen LogP contribution is 2.27. The summed E-state index contributed by atoms with van der Waals surface area (Å²) in [5.41, 5.74) is 0.545. The average molecular weight is 347 g/mol. The van der Waals surface area contributed by atoms with Crippen molar-refractivity contribution in [2.75, 3.05) is 19.7 Å². The molecule has 1 aliphatic heterocycles. The smallest absolute Gasteiger partial charge is 0.306 e. The van der Waals surface area contributed by atoms with Gasteiger partial charge in [-0.15, -0.1) is 0 Å². The van der Waals surface area contributed by atoms with Crippen LogP contribution in [-0.4, -0.2) is 53.8 Å². The van der Waals surface area contributed by atoms with Crippen LogP contribution in [0.2, 0.25) is 0 Å². The molecule has 1 saturated carbocycles. The Hall–Kier alpha value is -2.08. The lowest BCUT2D eigenvalue weighted by Gasteiger charge is -2.33. The zero-order valence-corrected chi connectivity index (χ0v) is 14.4. The summed E-state index contributed by atoms with van der Waals surface area (Å²) in [5, 5.41) is 8.93. The van der Waals surface area contributed by atoms with Crippen molar-refractivity contribution >= 4 is 11.9 Å². The molecule has 0 spiro atoms. The minimum atomic E-state index is -0.916. The number of rotatable bonds is 5. The minimum Gasteiger partial charge on any atom is -0.490 e. The number of carboxylic acids is 1. The lowest BCUT2D eigenvalue weighted by atomic mass is 9.97. The normalized spacial score (nSPS) is 21.8. The first-order chi connectivity index (χ1) is 12.1. The predicted octanol–water partition coefficient (Wildman–Crippen LogP) is 2.71. The van der Waals surface area contributed by atoms with Crippen LogP contribution in [-0.2, 0) is 9.53 Å². The number of nitrogens with zero attached hydrogens (tertiary/aromatic N) is 1. The van der Waals surface area contributed by atoms with E-state index in [2.05, 4.69) is 0 Å². The molecule has 25 heavy (non-hydrogen) atoms. The average Bonchev–Trinajstić information content (AvgIpc) is 2.62. The SMILES string of the molecule is O=C(O)C[C@@H]1CN(C(=O)c2ccccc2OC2CCCCC2)CCO1. The summed E-state index contributed by atoms with van der Waals surface area (Å²) in [4.78, 5) is 25.5. The largest absolute Gasteiger partial charge is 0.490 e. The van der Waals surface area contributed by atoms with Gasteiger partial charge in [0.2, 0.25) is 0 Å². The number of morpholine rings is 1. The van der Waals surface area contributed by atoms with E-state index in [-0.39, 0.29) is 18.4 Å². The second-order valence-corrected chi connectivity index (χ2v) is 6.72. The van der Waals surface area contributed by atoms with Crippen molar-refractivity contribution in [2.45, 2.75) is 50.7 Å². The Morgan fingerprint density at radius 2 is 1.96 bits per heavy atom. The Balaban J connectivity index is 1.69. The fourth-order valence-electron chi connectivity index (χ4n) is 3.50. The van der Waals surface area contributed by atoms with E-state index < -0.39 is 12.1 Å². The minimum absolute atomic E-state index is 0.0933. The van der Waals surface area contributed by atoms with Gasteiger partial charge in [-0.3, -0.25) is 9.59 Å². The summed E-state index contributed by atoms with van der Waals surface area (Å²) < 4.78 is 11.6. The molecule has 3 rings (SSSR count). The molecule has 1 saturated heterocycles. The summed E-state index contributed by atoms with van der Waals surface area (Å²) in [6.45, 7) is 1.12. The van der Waals surface area contributed by atoms with Gasteiger partial charge in [0.1, 0.15) is 5.75 Å². The zero-order valence-electron chi connectivity index (χ0n) is 14.4. The van der Waals surface area contributed by atoms with Gasteiger partial charge in [0.15, 0.2) is 0 Å². The topological polar surface area (TPSA) is 76.1 Å². The molecule has 1 N–H and O–H groups in total. The molecular formula is C19H25NO5. The Bertz CT molecular complexity index is 612. The molecule has 1 amide bonds. The van der Waals surface area contributed by atoms with Gasteiger partial charge in [-0.1, -0.05) is 18.6 Å². The quantitative estimate of drug-likeness (QED) is 0.886. The maximum Gasteiger partial charge on any atom is 0.306 e. The molecule has 136 valence electrons. The lowest BCUT2D eigenvalue weighted by molar-refractivity contribution is -0.141. The Kier molecular flexibility index (Phi) is 5.91. The number of aliphatic carboxylic acids is 1. The van der Waals surface area contributed by atoms with E-state index in [4.69, 9.17) is 14.6 Å². The second-order valence-electron chi connectivity index (χ2n) is 6.72. The Morgan fingerprint density at radius 3 is 2.72 bits per heavy atom. The number of carbonyl (C=O) groups excluding carboxylic acids is 1. The molecule has 0 radical (unpaired) electrons. The number of hydrogen-bond donors (Lipinski definition) is 1. The van der Waals surface area contributed by atoms with Gasteiger partial charge in [0, 0.05) is 13.1 Å². The number of hydrogen-bond acceptors (Lipinski definition) is 4. The Labute approximate surface area is 147 Å². The highest BCUT2D eigenvalue weighted by atomic mass is 16.5. The van der Waals surface area contributed by atoms with Crippen molar-refractivity contribution in [3.63, 3.8) is 0 Å². The van der Waals surface area contributed by atoms with Crippen LogP contribution in [0.15, 0.2) is 24.3 Å². The van der Waals surface area contributed by atoms with Gasteiger partial charge >= 0.3 is 5.97 Å². The number of carbonyl (C=O) groups is 2. The van der Waals surface area contributed by atoms with Crippen molar-refractivity contribution in [1.29, 1.82) is 0 Å². The van der Waals surface area contributed by atoms with E-state index in [1.165, 1.54) is 19.3 Å². The molecule has 6 nitrogen and oxygen atoms in total. The monoisotopic (exact) mass is 347 g/mol. The van der Waals surface area contributed by atoms with E-state index in [9.17, 15) is 9.59 Å². The predicted molar refractivity (Wildman–Crippen MR) is 91.8 cm³/mol. The summed E-state index contributed by atoms with van der Waals surface area (Å²) in [6.07, 6.45) is 5.27. The fraction of sp³-hybridized carbons (Fsp3) is 0.579. The molecule has 2 aliphatic rings. The molecule has 1 aromatic carbocycles. The van der Waals surface area contributed by atoms with Crippen LogP contribution in [0.3, 0.4) is 0 Å². The maximum atomic E-state index is 12.9. The zero-order chi connectivity index (χ0) is 17.6. The summed E-state index contributed by atoms with van der Waals surface area (Å²) in [6, 6.07) is 7.33. The van der Waals surface area contributed by atoms with E-state index in [1.54, 1.807) is 11.0 Å². The van der Waals surface area contributed by atoms with Crippen LogP contribution in [0, 0.1) is 0 Å². The molecular weight excluding hydrogens is 322 g/mol. The molecule has 2 fully saturated rings. The molecule has 0 aromatic heterocycles. The summed E-state index contributed by atoms with van der Waals surface area (Å²) in [7, 11) is 0. The van der Waals surface area contributed by atoms with Crippen LogP contribution in [0.4, 0.5) is 0 Å². The Morgan fingerprint density at radius 1 is 1.20 bits per heavy atom. The summed E-state index contributed by atoms with van der Waals surface area (Å²) >= 11 is 0. The molecule has 1 aliphatic carbocycles. The van der Waals surface area contributed by atoms with Gasteiger partial charge in [-0.05, 0) is 37.8 Å². The van der Waals surface area contributed by atoms with Crippen molar-refractivity contribution < 1.29 is 24.2 Å². The standard InChI is InChI=1S/C19H25NO5/c21-18(22)12-15-13-20(10-11-24-15)19(23)16-8-4-5-9-17(16)25-14-6-2-1-3-7-14/h4-5,8-9,14-15H,1-3,6-7,10-13H2,(H,21,22)/t15-/m1/s1. The third kappa shape index (κ3) is 4.72. The molecule has 1 heterocycles. The van der Waals surface area contributed by atoms with Crippen LogP contribution < -0.4 is 4.74 Å². The van der Waals surface area contributed by atoms with Crippen molar-refractivity contribution in [3.8, 4) is 5.75 Å². The number of carboxylic acid groups (broad SMARTS) is 1. The van der Waals surface area contributed by atoms with Crippen molar-refractivity contribution in [1.82, 2.24) is 4.90 Å². The first kappa shape index (κ1) is 17.7. The highest BCUT2D eigenvalue weighted by Gasteiger charge is 2.28. The number of para-hydroxylation sites is 1. The van der Waals surface area contributed by atoms with Crippen molar-refractivity contribution in [2.24, 2.45) is 0 Å². The van der Waals surface area contributed by atoms with Crippen LogP contribution in [0.25, 0.3) is 0 Å². The van der Waals surface area contributed by atoms with Crippen LogP contribution in [0.1, 0.15) is 48.9 Å². The molecule has 0 unspecified atom stereocenters. The molecule has 1 atom stereocenters. The van der Waals surface area contributed by atoms with Crippen LogP contribution in [0.5, 0.6) is 5.75 Å². The van der Waals surface area contributed by atoms with Gasteiger partial charge in [0.05, 0.1) is 30.8 Å². The van der Waals surface area contributed by atoms with Gasteiger partial charge < -0.3 is 19.5 Å². The van der Waals surface area contributed by atoms with Gasteiger partial charge in [-0.25, -0.2) is 0 Å². The number of ether oxygens (including phenoxy) is 2. The van der Waals surface area contributed by atoms with E-state index >= 15 is 0 Å². The van der Waals surface area contributed by atoms with Crippen LogP contribution >= 0.6 is 0 Å². The third-order valence-corrected chi connectivity index (χ3v) is 4.79. The molecule has 0 bridgehead atoms. The second kappa shape index (κ2) is 8.34. The summed E-state index contributed by atoms with van der Waals surface area (Å²) in [5.74, 6) is -0.411. The molecule has 6 heteroatoms. The first-order valence-corrected chi connectivity index (χ1v) is 9.02. The van der Waals surface area contributed by atoms with Gasteiger partial charge in [0.25, 0.3) is 5.91 Å². The van der Waals surface area contributed by atoms with E-state index in [0.717, 1.165) is 12.8 Å². The third-order valence-electron chi connectivity index (χ3n) is 4.79. The highest BCUT2D eigenvalue weighted by molar-refractivity contribution is 5.97. The van der Waals surface area contributed by atoms with Gasteiger partial charge in [-0.2, -0.15) is 0 Å². The fourth-order valence-corrected chi connectivity index (χ4v) is 3.50. The number of benzene rings is 1. The van der Waals surface area contributed by atoms with E-state index in [0.29, 0.717) is 31.0 Å².